The lowest BCUT2D eigenvalue weighted by Crippen LogP contribution is -2.35. The molecule has 1 aliphatic heterocycles. The van der Waals surface area contributed by atoms with E-state index in [1.807, 2.05) is 0 Å². The summed E-state index contributed by atoms with van der Waals surface area (Å²) in [6.07, 6.45) is 0.481. The Balaban J connectivity index is 1.94. The van der Waals surface area contributed by atoms with Gasteiger partial charge in [-0.05, 0) is 25.5 Å². The molecule has 110 valence electrons. The van der Waals surface area contributed by atoms with Crippen molar-refractivity contribution in [3.63, 3.8) is 0 Å². The summed E-state index contributed by atoms with van der Waals surface area (Å²) in [5.74, 6) is -1.04. The number of benzene rings is 1. The van der Waals surface area contributed by atoms with E-state index in [9.17, 15) is 19.7 Å². The molecule has 1 unspecified atom stereocenters. The van der Waals surface area contributed by atoms with Gasteiger partial charge in [-0.2, -0.15) is 5.10 Å². The highest BCUT2D eigenvalue weighted by Gasteiger charge is 2.25. The van der Waals surface area contributed by atoms with E-state index in [-0.39, 0.29) is 23.9 Å². The topological polar surface area (TPSA) is 114 Å². The molecule has 1 aromatic rings. The van der Waals surface area contributed by atoms with Gasteiger partial charge in [0.05, 0.1) is 10.8 Å². The second-order valence-electron chi connectivity index (χ2n) is 4.78. The number of amides is 2. The normalized spacial score (nSPS) is 17.7. The molecule has 1 aromatic carbocycles. The van der Waals surface area contributed by atoms with E-state index in [4.69, 9.17) is 0 Å². The number of hydrazone groups is 1. The highest BCUT2D eigenvalue weighted by Crippen LogP contribution is 2.18. The Hall–Kier alpha value is -2.77. The van der Waals surface area contributed by atoms with Crippen LogP contribution in [0.1, 0.15) is 19.8 Å². The van der Waals surface area contributed by atoms with Gasteiger partial charge in [-0.15, -0.1) is 0 Å². The molecule has 21 heavy (non-hydrogen) atoms. The lowest BCUT2D eigenvalue weighted by molar-refractivity contribution is -0.384. The van der Waals surface area contributed by atoms with Gasteiger partial charge in [0.2, 0.25) is 11.8 Å². The Morgan fingerprint density at radius 3 is 2.76 bits per heavy atom. The van der Waals surface area contributed by atoms with E-state index >= 15 is 0 Å². The van der Waals surface area contributed by atoms with Crippen LogP contribution in [0.3, 0.4) is 0 Å². The van der Waals surface area contributed by atoms with Gasteiger partial charge in [0.15, 0.2) is 0 Å². The lowest BCUT2D eigenvalue weighted by Gasteiger charge is -2.19. The maximum Gasteiger partial charge on any atom is 0.269 e. The monoisotopic (exact) mass is 290 g/mol. The Bertz CT molecular complexity index is 609. The van der Waals surface area contributed by atoms with Crippen LogP contribution in [0.2, 0.25) is 0 Å². The Morgan fingerprint density at radius 2 is 2.14 bits per heavy atom. The average molecular weight is 290 g/mol. The number of anilines is 1. The minimum absolute atomic E-state index is 0.0374. The number of nitro groups is 1. The molecule has 8 nitrogen and oxygen atoms in total. The number of nitrogens with one attached hydrogen (secondary N) is 2. The number of carbonyl (C=O) groups excluding carboxylic acids is 2. The van der Waals surface area contributed by atoms with Gasteiger partial charge in [0, 0.05) is 30.0 Å². The molecule has 1 atom stereocenters. The number of nitrogens with zero attached hydrogens (tertiary/aromatic N) is 2. The van der Waals surface area contributed by atoms with E-state index in [0.29, 0.717) is 12.1 Å². The summed E-state index contributed by atoms with van der Waals surface area (Å²) in [6.45, 7) is 1.78. The molecule has 2 rings (SSSR count). The van der Waals surface area contributed by atoms with Gasteiger partial charge in [-0.25, -0.2) is 5.43 Å². The SMILES string of the molecule is CC1=NNC(=O)C(CC(=O)Nc2ccc([N+](=O)[O-])cc2)C1. The minimum atomic E-state index is -0.514. The van der Waals surface area contributed by atoms with Crippen molar-refractivity contribution >= 4 is 28.9 Å². The van der Waals surface area contributed by atoms with E-state index in [2.05, 4.69) is 15.8 Å². The first-order chi connectivity index (χ1) is 9.95. The van der Waals surface area contributed by atoms with Crippen molar-refractivity contribution in [2.75, 3.05) is 5.32 Å². The zero-order chi connectivity index (χ0) is 15.4. The van der Waals surface area contributed by atoms with Crippen molar-refractivity contribution < 1.29 is 14.5 Å². The zero-order valence-electron chi connectivity index (χ0n) is 11.3. The van der Waals surface area contributed by atoms with Crippen LogP contribution < -0.4 is 10.7 Å². The molecule has 0 fully saturated rings. The van der Waals surface area contributed by atoms with Crippen LogP contribution in [0, 0.1) is 16.0 Å². The first-order valence-electron chi connectivity index (χ1n) is 6.33. The van der Waals surface area contributed by atoms with E-state index in [0.717, 1.165) is 5.71 Å². The second kappa shape index (κ2) is 6.12. The molecule has 0 saturated carbocycles. The molecule has 0 saturated heterocycles. The molecule has 1 heterocycles. The molecule has 0 aromatic heterocycles. The smallest absolute Gasteiger partial charge is 0.269 e. The van der Waals surface area contributed by atoms with Crippen molar-refractivity contribution in [3.8, 4) is 0 Å². The maximum atomic E-state index is 11.9. The van der Waals surface area contributed by atoms with Crippen LogP contribution in [0.5, 0.6) is 0 Å². The van der Waals surface area contributed by atoms with Gasteiger partial charge in [-0.1, -0.05) is 0 Å². The van der Waals surface area contributed by atoms with Crippen LogP contribution >= 0.6 is 0 Å². The molecular formula is C13H14N4O4. The Labute approximate surface area is 120 Å². The summed E-state index contributed by atoms with van der Waals surface area (Å²) < 4.78 is 0. The van der Waals surface area contributed by atoms with E-state index < -0.39 is 10.8 Å². The summed E-state index contributed by atoms with van der Waals surface area (Å²) in [6, 6.07) is 5.51. The molecule has 1 aliphatic rings. The summed E-state index contributed by atoms with van der Waals surface area (Å²) in [7, 11) is 0. The molecule has 0 spiro atoms. The summed E-state index contributed by atoms with van der Waals surface area (Å²) in [5.41, 5.74) is 3.53. The highest BCUT2D eigenvalue weighted by atomic mass is 16.6. The van der Waals surface area contributed by atoms with Gasteiger partial charge < -0.3 is 5.32 Å². The van der Waals surface area contributed by atoms with Gasteiger partial charge in [0.25, 0.3) is 5.69 Å². The van der Waals surface area contributed by atoms with Crippen molar-refractivity contribution in [2.24, 2.45) is 11.0 Å². The molecule has 8 heteroatoms. The summed E-state index contributed by atoms with van der Waals surface area (Å²) in [5, 5.41) is 16.9. The van der Waals surface area contributed by atoms with Crippen molar-refractivity contribution in [3.05, 3.63) is 34.4 Å². The van der Waals surface area contributed by atoms with Crippen LogP contribution in [0.4, 0.5) is 11.4 Å². The molecule has 0 radical (unpaired) electrons. The zero-order valence-corrected chi connectivity index (χ0v) is 11.3. The first-order valence-corrected chi connectivity index (χ1v) is 6.33. The fourth-order valence-electron chi connectivity index (χ4n) is 2.00. The third-order valence-corrected chi connectivity index (χ3v) is 3.06. The van der Waals surface area contributed by atoms with Crippen LogP contribution in [-0.4, -0.2) is 22.4 Å². The lowest BCUT2D eigenvalue weighted by atomic mass is 9.96. The van der Waals surface area contributed by atoms with Gasteiger partial charge in [0.1, 0.15) is 0 Å². The standard InChI is InChI=1S/C13H14N4O4/c1-8-6-9(13(19)16-15-8)7-12(18)14-10-2-4-11(5-3-10)17(20)21/h2-5,9H,6-7H2,1H3,(H,14,18)(H,16,19). The largest absolute Gasteiger partial charge is 0.326 e. The average Bonchev–Trinajstić information content (AvgIpc) is 2.43. The third kappa shape index (κ3) is 3.85. The maximum absolute atomic E-state index is 11.9. The molecule has 2 amide bonds. The van der Waals surface area contributed by atoms with E-state index in [1.165, 1.54) is 24.3 Å². The minimum Gasteiger partial charge on any atom is -0.326 e. The Morgan fingerprint density at radius 1 is 1.48 bits per heavy atom. The quantitative estimate of drug-likeness (QED) is 0.645. The van der Waals surface area contributed by atoms with Gasteiger partial charge in [-0.3, -0.25) is 19.7 Å². The molecule has 0 aliphatic carbocycles. The summed E-state index contributed by atoms with van der Waals surface area (Å²) in [4.78, 5) is 33.5. The van der Waals surface area contributed by atoms with E-state index in [1.54, 1.807) is 6.92 Å². The molecule has 0 bridgehead atoms. The summed E-state index contributed by atoms with van der Waals surface area (Å²) >= 11 is 0. The number of hydrogen-bond donors (Lipinski definition) is 2. The van der Waals surface area contributed by atoms with Crippen molar-refractivity contribution in [1.82, 2.24) is 5.43 Å². The van der Waals surface area contributed by atoms with Crippen molar-refractivity contribution in [1.29, 1.82) is 0 Å². The van der Waals surface area contributed by atoms with Gasteiger partial charge >= 0.3 is 0 Å². The fraction of sp³-hybridized carbons (Fsp3) is 0.308. The number of hydrogen-bond acceptors (Lipinski definition) is 5. The predicted octanol–water partition coefficient (Wildman–Crippen LogP) is 1.44. The number of non-ortho nitro benzene ring substituents is 1. The number of rotatable bonds is 4. The first kappa shape index (κ1) is 14.6. The number of nitro benzene ring substituents is 1. The van der Waals surface area contributed by atoms with Crippen LogP contribution in [-0.2, 0) is 9.59 Å². The Kier molecular flexibility index (Phi) is 4.27. The van der Waals surface area contributed by atoms with Crippen molar-refractivity contribution in [2.45, 2.75) is 19.8 Å². The van der Waals surface area contributed by atoms with Crippen LogP contribution in [0.15, 0.2) is 29.4 Å². The highest BCUT2D eigenvalue weighted by molar-refractivity contribution is 5.98. The second-order valence-corrected chi connectivity index (χ2v) is 4.78. The number of carbonyl (C=O) groups is 2. The predicted molar refractivity (Wildman–Crippen MR) is 75.7 cm³/mol. The van der Waals surface area contributed by atoms with Crippen LogP contribution in [0.25, 0.3) is 0 Å². The third-order valence-electron chi connectivity index (χ3n) is 3.06. The molecule has 2 N–H and O–H groups in total. The fourth-order valence-corrected chi connectivity index (χ4v) is 2.00. The molecular weight excluding hydrogens is 276 g/mol.